The van der Waals surface area contributed by atoms with Crippen LogP contribution in [-0.2, 0) is 15.8 Å². The van der Waals surface area contributed by atoms with Crippen LogP contribution < -0.4 is 5.32 Å². The highest BCUT2D eigenvalue weighted by atomic mass is 28.4. The molecule has 0 radical (unpaired) electrons. The highest BCUT2D eigenvalue weighted by Crippen LogP contribution is 2.37. The van der Waals surface area contributed by atoms with E-state index in [1.807, 2.05) is 32.9 Å². The molecule has 0 aliphatic heterocycles. The van der Waals surface area contributed by atoms with Gasteiger partial charge in [-0.25, -0.2) is 4.98 Å². The van der Waals surface area contributed by atoms with Gasteiger partial charge in [-0.2, -0.15) is 0 Å². The zero-order valence-corrected chi connectivity index (χ0v) is 16.2. The van der Waals surface area contributed by atoms with Crippen LogP contribution in [0.3, 0.4) is 0 Å². The quantitative estimate of drug-likeness (QED) is 0.825. The monoisotopic (exact) mass is 322 g/mol. The van der Waals surface area contributed by atoms with Gasteiger partial charge in [0.15, 0.2) is 8.32 Å². The second-order valence-corrected chi connectivity index (χ2v) is 13.1. The first kappa shape index (κ1) is 18.8. The van der Waals surface area contributed by atoms with E-state index in [4.69, 9.17) is 4.43 Å². The maximum absolute atomic E-state index is 12.0. The lowest BCUT2D eigenvalue weighted by atomic mass is 9.96. The number of hydrogen-bond donors (Lipinski definition) is 1. The molecule has 1 amide bonds. The molecular formula is C17H30N2O2Si. The predicted molar refractivity (Wildman–Crippen MR) is 94.3 cm³/mol. The maximum Gasteiger partial charge on any atom is 0.230 e. The van der Waals surface area contributed by atoms with Crippen LogP contribution in [-0.4, -0.2) is 19.2 Å². The lowest BCUT2D eigenvalue weighted by molar-refractivity contribution is -0.123. The second-order valence-electron chi connectivity index (χ2n) is 8.30. The molecule has 1 aromatic rings. The molecule has 1 rings (SSSR count). The third-order valence-corrected chi connectivity index (χ3v) is 8.63. The summed E-state index contributed by atoms with van der Waals surface area (Å²) in [5.41, 5.74) is 0.596. The van der Waals surface area contributed by atoms with Crippen LogP contribution in [0.25, 0.3) is 0 Å². The smallest absolute Gasteiger partial charge is 0.230 e. The molecule has 1 N–H and O–H groups in total. The van der Waals surface area contributed by atoms with Gasteiger partial charge in [0.25, 0.3) is 0 Å². The van der Waals surface area contributed by atoms with Gasteiger partial charge in [-0.05, 0) is 35.8 Å². The Morgan fingerprint density at radius 1 is 1.23 bits per heavy atom. The van der Waals surface area contributed by atoms with E-state index in [0.717, 1.165) is 5.56 Å². The van der Waals surface area contributed by atoms with Gasteiger partial charge in [0, 0.05) is 11.6 Å². The summed E-state index contributed by atoms with van der Waals surface area (Å²) in [6.07, 6.45) is 1.71. The SMILES string of the molecule is CC(C)(C)C(=O)Nc1cc(CO[Si](C)(C)C(C)(C)C)ccn1. The summed E-state index contributed by atoms with van der Waals surface area (Å²) in [5.74, 6) is 0.540. The average Bonchev–Trinajstić information content (AvgIpc) is 2.34. The zero-order valence-electron chi connectivity index (χ0n) is 15.2. The molecule has 0 fully saturated rings. The van der Waals surface area contributed by atoms with Gasteiger partial charge >= 0.3 is 0 Å². The van der Waals surface area contributed by atoms with Gasteiger partial charge in [0.05, 0.1) is 6.61 Å². The fourth-order valence-corrected chi connectivity index (χ4v) is 2.38. The Morgan fingerprint density at radius 3 is 2.32 bits per heavy atom. The summed E-state index contributed by atoms with van der Waals surface area (Å²) in [6, 6.07) is 3.82. The first-order valence-electron chi connectivity index (χ1n) is 7.73. The van der Waals surface area contributed by atoms with Crippen LogP contribution in [0.5, 0.6) is 0 Å². The Bertz CT molecular complexity index is 528. The second kappa shape index (κ2) is 6.50. The van der Waals surface area contributed by atoms with Gasteiger partial charge in [0.2, 0.25) is 5.91 Å². The topological polar surface area (TPSA) is 51.2 Å². The summed E-state index contributed by atoms with van der Waals surface area (Å²) in [6.45, 7) is 17.3. The van der Waals surface area contributed by atoms with Gasteiger partial charge in [-0.1, -0.05) is 41.5 Å². The minimum atomic E-state index is -1.77. The highest BCUT2D eigenvalue weighted by Gasteiger charge is 2.37. The Hall–Kier alpha value is -1.20. The van der Waals surface area contributed by atoms with Crippen molar-refractivity contribution >= 4 is 20.0 Å². The van der Waals surface area contributed by atoms with Gasteiger partial charge in [-0.3, -0.25) is 4.79 Å². The van der Waals surface area contributed by atoms with E-state index in [1.54, 1.807) is 6.20 Å². The van der Waals surface area contributed by atoms with E-state index < -0.39 is 13.7 Å². The molecule has 5 heteroatoms. The van der Waals surface area contributed by atoms with Crippen LogP contribution in [0.4, 0.5) is 5.82 Å². The van der Waals surface area contributed by atoms with E-state index in [1.165, 1.54) is 0 Å². The lowest BCUT2D eigenvalue weighted by Gasteiger charge is -2.36. The van der Waals surface area contributed by atoms with Crippen LogP contribution in [0.15, 0.2) is 18.3 Å². The number of amides is 1. The summed E-state index contributed by atoms with van der Waals surface area (Å²) in [7, 11) is -1.77. The number of aromatic nitrogens is 1. The van der Waals surface area contributed by atoms with E-state index in [0.29, 0.717) is 12.4 Å². The molecule has 22 heavy (non-hydrogen) atoms. The molecule has 0 saturated heterocycles. The maximum atomic E-state index is 12.0. The van der Waals surface area contributed by atoms with Crippen molar-refractivity contribution in [3.8, 4) is 0 Å². The molecule has 1 aromatic heterocycles. The first-order chi connectivity index (χ1) is 9.83. The standard InChI is InChI=1S/C17H30N2O2Si/c1-16(2,3)15(20)19-14-11-13(9-10-18-14)12-21-22(7,8)17(4,5)6/h9-11H,12H2,1-8H3,(H,18,19,20). The molecule has 0 spiro atoms. The molecule has 0 unspecified atom stereocenters. The number of carbonyl (C=O) groups excluding carboxylic acids is 1. The number of anilines is 1. The van der Waals surface area contributed by atoms with Crippen molar-refractivity contribution in [2.45, 2.75) is 66.3 Å². The Labute approximate surface area is 135 Å². The normalized spacial score (nSPS) is 13.1. The van der Waals surface area contributed by atoms with Crippen LogP contribution in [0.1, 0.15) is 47.1 Å². The van der Waals surface area contributed by atoms with Crippen molar-refractivity contribution in [1.29, 1.82) is 0 Å². The van der Waals surface area contributed by atoms with E-state index in [-0.39, 0.29) is 10.9 Å². The van der Waals surface area contributed by atoms with Crippen molar-refractivity contribution in [3.05, 3.63) is 23.9 Å². The van der Waals surface area contributed by atoms with Crippen LogP contribution >= 0.6 is 0 Å². The molecule has 1 heterocycles. The number of rotatable bonds is 4. The average molecular weight is 323 g/mol. The van der Waals surface area contributed by atoms with Gasteiger partial charge in [0.1, 0.15) is 5.82 Å². The van der Waals surface area contributed by atoms with E-state index in [9.17, 15) is 4.79 Å². The van der Waals surface area contributed by atoms with E-state index >= 15 is 0 Å². The van der Waals surface area contributed by atoms with E-state index in [2.05, 4.69) is 44.2 Å². The fraction of sp³-hybridized carbons (Fsp3) is 0.647. The number of carbonyl (C=O) groups is 1. The molecule has 0 saturated carbocycles. The number of hydrogen-bond acceptors (Lipinski definition) is 3. The fourth-order valence-electron chi connectivity index (χ4n) is 1.42. The van der Waals surface area contributed by atoms with Crippen molar-refractivity contribution in [1.82, 2.24) is 4.98 Å². The van der Waals surface area contributed by atoms with Gasteiger partial charge in [-0.15, -0.1) is 0 Å². The molecule has 0 bridgehead atoms. The third-order valence-electron chi connectivity index (χ3n) is 4.15. The minimum absolute atomic E-state index is 0.0394. The van der Waals surface area contributed by atoms with Crippen molar-refractivity contribution in [2.24, 2.45) is 5.41 Å². The molecule has 0 aliphatic rings. The molecule has 124 valence electrons. The molecular weight excluding hydrogens is 292 g/mol. The van der Waals surface area contributed by atoms with Gasteiger partial charge < -0.3 is 9.74 Å². The molecule has 0 aromatic carbocycles. The summed E-state index contributed by atoms with van der Waals surface area (Å²) in [4.78, 5) is 16.2. The molecule has 4 nitrogen and oxygen atoms in total. The lowest BCUT2D eigenvalue weighted by Crippen LogP contribution is -2.40. The predicted octanol–water partition coefficient (Wildman–Crippen LogP) is 4.59. The zero-order chi connectivity index (χ0) is 17.2. The van der Waals surface area contributed by atoms with Crippen molar-refractivity contribution in [2.75, 3.05) is 5.32 Å². The van der Waals surface area contributed by atoms with Crippen molar-refractivity contribution < 1.29 is 9.22 Å². The van der Waals surface area contributed by atoms with Crippen LogP contribution in [0, 0.1) is 5.41 Å². The molecule has 0 atom stereocenters. The number of nitrogens with one attached hydrogen (secondary N) is 1. The summed E-state index contributed by atoms with van der Waals surface area (Å²) >= 11 is 0. The largest absolute Gasteiger partial charge is 0.413 e. The Balaban J connectivity index is 2.76. The number of pyridine rings is 1. The highest BCUT2D eigenvalue weighted by molar-refractivity contribution is 6.74. The summed E-state index contributed by atoms with van der Waals surface area (Å²) < 4.78 is 6.21. The minimum Gasteiger partial charge on any atom is -0.413 e. The Kier molecular flexibility index (Phi) is 5.57. The molecule has 0 aliphatic carbocycles. The van der Waals surface area contributed by atoms with Crippen molar-refractivity contribution in [3.63, 3.8) is 0 Å². The first-order valence-corrected chi connectivity index (χ1v) is 10.6. The Morgan fingerprint density at radius 2 is 1.82 bits per heavy atom. The van der Waals surface area contributed by atoms with Crippen LogP contribution in [0.2, 0.25) is 18.1 Å². The third kappa shape index (κ3) is 5.21. The number of nitrogens with zero attached hydrogens (tertiary/aromatic N) is 1. The summed E-state index contributed by atoms with van der Waals surface area (Å²) in [5, 5.41) is 3.04.